The molecule has 0 fully saturated rings. The average molecular weight is 230 g/mol. The van der Waals surface area contributed by atoms with Crippen LogP contribution in [0.3, 0.4) is 0 Å². The van der Waals surface area contributed by atoms with E-state index in [9.17, 15) is 4.79 Å². The molecule has 1 unspecified atom stereocenters. The van der Waals surface area contributed by atoms with Crippen LogP contribution >= 0.6 is 0 Å². The van der Waals surface area contributed by atoms with Gasteiger partial charge in [0.2, 0.25) is 0 Å². The molecule has 0 aromatic rings. The van der Waals surface area contributed by atoms with Crippen molar-refractivity contribution in [2.24, 2.45) is 11.7 Å². The number of rotatable bonds is 10. The van der Waals surface area contributed by atoms with Gasteiger partial charge in [-0.3, -0.25) is 0 Å². The van der Waals surface area contributed by atoms with E-state index < -0.39 is 6.09 Å². The second kappa shape index (κ2) is 10.7. The van der Waals surface area contributed by atoms with E-state index in [1.165, 1.54) is 25.7 Å². The standard InChI is InChI=1S/C12H26N2O2/c1-11(7-3-5-9-14-2)8-4-6-10-16-12(13)15/h11,14H,3-10H2,1-2H3,(H2,13,15). The number of unbranched alkanes of at least 4 members (excludes halogenated alkanes) is 2. The van der Waals surface area contributed by atoms with Crippen molar-refractivity contribution >= 4 is 6.09 Å². The zero-order valence-electron chi connectivity index (χ0n) is 10.6. The van der Waals surface area contributed by atoms with Crippen molar-refractivity contribution in [1.29, 1.82) is 0 Å². The van der Waals surface area contributed by atoms with E-state index in [1.54, 1.807) is 0 Å². The van der Waals surface area contributed by atoms with Gasteiger partial charge in [0, 0.05) is 0 Å². The lowest BCUT2D eigenvalue weighted by Crippen LogP contribution is -2.13. The molecule has 96 valence electrons. The van der Waals surface area contributed by atoms with E-state index >= 15 is 0 Å². The Hall–Kier alpha value is -0.770. The largest absolute Gasteiger partial charge is 0.450 e. The Morgan fingerprint density at radius 1 is 1.25 bits per heavy atom. The number of carbonyl (C=O) groups excluding carboxylic acids is 1. The van der Waals surface area contributed by atoms with E-state index in [1.807, 2.05) is 7.05 Å². The molecule has 3 N–H and O–H groups in total. The highest BCUT2D eigenvalue weighted by atomic mass is 16.5. The molecular formula is C12H26N2O2. The molecule has 0 aliphatic rings. The number of hydrogen-bond donors (Lipinski definition) is 2. The fourth-order valence-electron chi connectivity index (χ4n) is 1.71. The summed E-state index contributed by atoms with van der Waals surface area (Å²) >= 11 is 0. The first-order valence-corrected chi connectivity index (χ1v) is 6.23. The van der Waals surface area contributed by atoms with Gasteiger partial charge in [0.15, 0.2) is 0 Å². The summed E-state index contributed by atoms with van der Waals surface area (Å²) < 4.78 is 4.67. The summed E-state index contributed by atoms with van der Waals surface area (Å²) in [6, 6.07) is 0. The highest BCUT2D eigenvalue weighted by Gasteiger charge is 2.02. The van der Waals surface area contributed by atoms with Crippen molar-refractivity contribution in [3.63, 3.8) is 0 Å². The van der Waals surface area contributed by atoms with Gasteiger partial charge in [0.05, 0.1) is 6.61 Å². The molecule has 0 saturated carbocycles. The Labute approximate surface area is 98.9 Å². The third-order valence-corrected chi connectivity index (χ3v) is 2.71. The molecule has 0 spiro atoms. The van der Waals surface area contributed by atoms with Crippen molar-refractivity contribution in [3.05, 3.63) is 0 Å². The van der Waals surface area contributed by atoms with Crippen molar-refractivity contribution in [1.82, 2.24) is 5.32 Å². The van der Waals surface area contributed by atoms with E-state index in [0.29, 0.717) is 6.61 Å². The van der Waals surface area contributed by atoms with Gasteiger partial charge >= 0.3 is 6.09 Å². The molecule has 0 aromatic carbocycles. The Bertz CT molecular complexity index is 174. The fourth-order valence-corrected chi connectivity index (χ4v) is 1.71. The van der Waals surface area contributed by atoms with Crippen molar-refractivity contribution in [2.75, 3.05) is 20.2 Å². The van der Waals surface area contributed by atoms with Crippen LogP contribution in [-0.4, -0.2) is 26.3 Å². The van der Waals surface area contributed by atoms with Gasteiger partial charge in [0.1, 0.15) is 0 Å². The van der Waals surface area contributed by atoms with E-state index in [4.69, 9.17) is 5.73 Å². The van der Waals surface area contributed by atoms with Gasteiger partial charge in [-0.15, -0.1) is 0 Å². The Morgan fingerprint density at radius 3 is 2.44 bits per heavy atom. The number of primary amides is 1. The molecule has 0 rings (SSSR count). The fraction of sp³-hybridized carbons (Fsp3) is 0.917. The normalized spacial score (nSPS) is 12.4. The zero-order chi connectivity index (χ0) is 12.2. The van der Waals surface area contributed by atoms with Gasteiger partial charge in [-0.2, -0.15) is 0 Å². The molecule has 0 radical (unpaired) electrons. The number of carbonyl (C=O) groups is 1. The van der Waals surface area contributed by atoms with Crippen LogP contribution in [0.25, 0.3) is 0 Å². The molecule has 1 amide bonds. The lowest BCUT2D eigenvalue weighted by Gasteiger charge is -2.10. The second-order valence-electron chi connectivity index (χ2n) is 4.37. The molecule has 4 heteroatoms. The predicted molar refractivity (Wildman–Crippen MR) is 66.3 cm³/mol. The lowest BCUT2D eigenvalue weighted by molar-refractivity contribution is 0.154. The average Bonchev–Trinajstić information content (AvgIpc) is 2.23. The van der Waals surface area contributed by atoms with E-state index in [-0.39, 0.29) is 0 Å². The molecule has 0 aliphatic heterocycles. The Balaban J connectivity index is 3.17. The first kappa shape index (κ1) is 15.2. The van der Waals surface area contributed by atoms with E-state index in [2.05, 4.69) is 17.0 Å². The highest BCUT2D eigenvalue weighted by molar-refractivity contribution is 5.64. The molecule has 1 atom stereocenters. The first-order chi connectivity index (χ1) is 7.66. The highest BCUT2D eigenvalue weighted by Crippen LogP contribution is 2.14. The lowest BCUT2D eigenvalue weighted by atomic mass is 9.98. The number of nitrogens with one attached hydrogen (secondary N) is 1. The van der Waals surface area contributed by atoms with Crippen LogP contribution in [0, 0.1) is 5.92 Å². The Kier molecular flexibility index (Phi) is 10.2. The zero-order valence-corrected chi connectivity index (χ0v) is 10.6. The van der Waals surface area contributed by atoms with Gasteiger partial charge in [-0.05, 0) is 38.8 Å². The molecule has 0 saturated heterocycles. The quantitative estimate of drug-likeness (QED) is 0.566. The van der Waals surface area contributed by atoms with Crippen LogP contribution in [0.4, 0.5) is 4.79 Å². The number of hydrogen-bond acceptors (Lipinski definition) is 3. The summed E-state index contributed by atoms with van der Waals surface area (Å²) in [7, 11) is 1.99. The smallest absolute Gasteiger partial charge is 0.404 e. The summed E-state index contributed by atoms with van der Waals surface area (Å²) in [5.41, 5.74) is 4.86. The minimum atomic E-state index is -0.667. The monoisotopic (exact) mass is 230 g/mol. The van der Waals surface area contributed by atoms with Gasteiger partial charge in [0.25, 0.3) is 0 Å². The number of nitrogens with two attached hydrogens (primary N) is 1. The minimum Gasteiger partial charge on any atom is -0.450 e. The summed E-state index contributed by atoms with van der Waals surface area (Å²) in [4.78, 5) is 10.3. The van der Waals surface area contributed by atoms with Crippen LogP contribution in [0.2, 0.25) is 0 Å². The first-order valence-electron chi connectivity index (χ1n) is 6.23. The molecular weight excluding hydrogens is 204 g/mol. The second-order valence-corrected chi connectivity index (χ2v) is 4.37. The molecule has 16 heavy (non-hydrogen) atoms. The minimum absolute atomic E-state index is 0.460. The van der Waals surface area contributed by atoms with Crippen LogP contribution in [-0.2, 0) is 4.74 Å². The maximum atomic E-state index is 10.3. The van der Waals surface area contributed by atoms with Gasteiger partial charge in [-0.1, -0.05) is 26.2 Å². The maximum absolute atomic E-state index is 10.3. The van der Waals surface area contributed by atoms with Crippen LogP contribution < -0.4 is 11.1 Å². The SMILES string of the molecule is CNCCCCC(C)CCCCOC(N)=O. The van der Waals surface area contributed by atoms with Gasteiger partial charge in [-0.25, -0.2) is 4.79 Å². The predicted octanol–water partition coefficient (Wildman–Crippen LogP) is 2.28. The maximum Gasteiger partial charge on any atom is 0.404 e. The topological polar surface area (TPSA) is 64.3 Å². The molecule has 0 bridgehead atoms. The third-order valence-electron chi connectivity index (χ3n) is 2.71. The molecule has 0 heterocycles. The summed E-state index contributed by atoms with van der Waals surface area (Å²) in [6.45, 7) is 3.86. The van der Waals surface area contributed by atoms with Crippen LogP contribution in [0.15, 0.2) is 0 Å². The summed E-state index contributed by atoms with van der Waals surface area (Å²) in [5.74, 6) is 0.769. The molecule has 0 aliphatic carbocycles. The van der Waals surface area contributed by atoms with Crippen molar-refractivity contribution in [3.8, 4) is 0 Å². The molecule has 0 aromatic heterocycles. The summed E-state index contributed by atoms with van der Waals surface area (Å²) in [6.07, 6.45) is 6.41. The van der Waals surface area contributed by atoms with E-state index in [0.717, 1.165) is 25.3 Å². The van der Waals surface area contributed by atoms with Crippen LogP contribution in [0.5, 0.6) is 0 Å². The Morgan fingerprint density at radius 2 is 1.88 bits per heavy atom. The number of ether oxygens (including phenoxy) is 1. The van der Waals surface area contributed by atoms with Crippen molar-refractivity contribution in [2.45, 2.75) is 45.4 Å². The summed E-state index contributed by atoms with van der Waals surface area (Å²) in [5, 5.41) is 3.15. The number of amides is 1. The third kappa shape index (κ3) is 11.3. The molecule has 4 nitrogen and oxygen atoms in total. The van der Waals surface area contributed by atoms with Crippen molar-refractivity contribution < 1.29 is 9.53 Å². The van der Waals surface area contributed by atoms with Gasteiger partial charge < -0.3 is 15.8 Å². The van der Waals surface area contributed by atoms with Crippen LogP contribution in [0.1, 0.15) is 45.4 Å².